The number of pyridine rings is 1. The monoisotopic (exact) mass is 421 g/mol. The molecule has 1 N–H and O–H groups in total. The maximum absolute atomic E-state index is 13.3. The Morgan fingerprint density at radius 2 is 2.00 bits per heavy atom. The molecule has 3 heterocycles. The summed E-state index contributed by atoms with van der Waals surface area (Å²) in [5, 5.41) is 2.88. The Hall–Kier alpha value is -2.77. The predicted octanol–water partition coefficient (Wildman–Crippen LogP) is 3.51. The Bertz CT molecular complexity index is 943. The molecule has 7 nitrogen and oxygen atoms in total. The molecule has 0 spiro atoms. The van der Waals surface area contributed by atoms with Gasteiger partial charge in [0.05, 0.1) is 16.9 Å². The Balaban J connectivity index is 1.45. The molecule has 1 aromatic carbocycles. The van der Waals surface area contributed by atoms with Gasteiger partial charge in [0.1, 0.15) is 0 Å². The molecule has 2 aliphatic heterocycles. The molecule has 0 bridgehead atoms. The number of carbonyl (C=O) groups excluding carboxylic acids is 2. The van der Waals surface area contributed by atoms with Gasteiger partial charge in [0.15, 0.2) is 5.82 Å². The number of likely N-dealkylation sites (N-methyl/N-ethyl adjacent to an activating group) is 1. The minimum Gasteiger partial charge on any atom is -0.319 e. The van der Waals surface area contributed by atoms with Crippen LogP contribution in [0.25, 0.3) is 0 Å². The third-order valence-electron chi connectivity index (χ3n) is 6.35. The summed E-state index contributed by atoms with van der Waals surface area (Å²) in [5.41, 5.74) is 1.63. The van der Waals surface area contributed by atoms with E-state index in [1.807, 2.05) is 18.2 Å². The Morgan fingerprint density at radius 1 is 1.19 bits per heavy atom. The fourth-order valence-electron chi connectivity index (χ4n) is 4.41. The van der Waals surface area contributed by atoms with Crippen molar-refractivity contribution >= 4 is 29.0 Å². The molecule has 1 unspecified atom stereocenters. The van der Waals surface area contributed by atoms with Gasteiger partial charge in [-0.05, 0) is 56.7 Å². The topological polar surface area (TPSA) is 68.8 Å². The maximum atomic E-state index is 13.3. The molecule has 4 rings (SSSR count). The number of nitrogens with zero attached hydrogens (tertiary/aromatic N) is 4. The summed E-state index contributed by atoms with van der Waals surface area (Å²) in [6.07, 6.45) is 4.08. The van der Waals surface area contributed by atoms with E-state index < -0.39 is 0 Å². The number of hydrogen-bond donors (Lipinski definition) is 1. The van der Waals surface area contributed by atoms with Crippen LogP contribution in [0.1, 0.15) is 43.5 Å². The molecule has 2 aromatic rings. The van der Waals surface area contributed by atoms with Crippen LogP contribution in [0.5, 0.6) is 0 Å². The van der Waals surface area contributed by atoms with Gasteiger partial charge in [-0.1, -0.05) is 26.0 Å². The molecule has 0 saturated carbocycles. The van der Waals surface area contributed by atoms with Gasteiger partial charge in [0.25, 0.3) is 5.91 Å². The molecule has 1 aromatic heterocycles. The molecule has 1 fully saturated rings. The molecule has 31 heavy (non-hydrogen) atoms. The fraction of sp³-hybridized carbons (Fsp3) is 0.458. The van der Waals surface area contributed by atoms with E-state index in [2.05, 4.69) is 33.9 Å². The fourth-order valence-corrected chi connectivity index (χ4v) is 4.41. The average Bonchev–Trinajstić information content (AvgIpc) is 2.90. The first kappa shape index (κ1) is 21.5. The van der Waals surface area contributed by atoms with Crippen molar-refractivity contribution in [3.05, 3.63) is 48.2 Å². The second-order valence-corrected chi connectivity index (χ2v) is 8.14. The lowest BCUT2D eigenvalue weighted by molar-refractivity contribution is -0.118. The molecule has 0 radical (unpaired) electrons. The zero-order chi connectivity index (χ0) is 21.8. The number of aromatic nitrogens is 1. The highest BCUT2D eigenvalue weighted by Gasteiger charge is 2.31. The number of para-hydroxylation sites is 1. The second kappa shape index (κ2) is 9.58. The number of likely N-dealkylation sites (tertiary alicyclic amines) is 1. The minimum atomic E-state index is -0.222. The highest BCUT2D eigenvalue weighted by atomic mass is 16.2. The van der Waals surface area contributed by atoms with Crippen molar-refractivity contribution in [1.82, 2.24) is 14.8 Å². The summed E-state index contributed by atoms with van der Waals surface area (Å²) in [5.74, 6) is 0.221. The smallest absolute Gasteiger partial charge is 0.257 e. The van der Waals surface area contributed by atoms with Gasteiger partial charge < -0.3 is 10.2 Å². The quantitative estimate of drug-likeness (QED) is 0.706. The van der Waals surface area contributed by atoms with Gasteiger partial charge in [-0.2, -0.15) is 0 Å². The van der Waals surface area contributed by atoms with Crippen LogP contribution in [-0.4, -0.2) is 65.4 Å². The van der Waals surface area contributed by atoms with Gasteiger partial charge in [-0.3, -0.25) is 19.4 Å². The Morgan fingerprint density at radius 3 is 2.74 bits per heavy atom. The number of anilines is 3. The van der Waals surface area contributed by atoms with Crippen LogP contribution in [0.15, 0.2) is 42.6 Å². The van der Waals surface area contributed by atoms with Gasteiger partial charge in [-0.25, -0.2) is 4.98 Å². The first-order valence-electron chi connectivity index (χ1n) is 11.3. The van der Waals surface area contributed by atoms with E-state index in [0.717, 1.165) is 39.1 Å². The summed E-state index contributed by atoms with van der Waals surface area (Å²) in [7, 11) is 0. The molecule has 1 atom stereocenters. The van der Waals surface area contributed by atoms with Crippen LogP contribution < -0.4 is 10.2 Å². The maximum Gasteiger partial charge on any atom is 0.257 e. The van der Waals surface area contributed by atoms with Crippen LogP contribution in [0, 0.1) is 0 Å². The summed E-state index contributed by atoms with van der Waals surface area (Å²) in [6.45, 7) is 9.69. The van der Waals surface area contributed by atoms with E-state index in [1.54, 1.807) is 29.3 Å². The first-order valence-corrected chi connectivity index (χ1v) is 11.3. The average molecular weight is 422 g/mol. The number of nitrogens with one attached hydrogen (secondary N) is 1. The molecular formula is C24H31N5O2. The highest BCUT2D eigenvalue weighted by molar-refractivity contribution is 6.17. The Kier molecular flexibility index (Phi) is 6.63. The van der Waals surface area contributed by atoms with E-state index in [9.17, 15) is 9.59 Å². The van der Waals surface area contributed by atoms with Crippen molar-refractivity contribution in [3.8, 4) is 0 Å². The first-order chi connectivity index (χ1) is 15.1. The SMILES string of the molecule is CCN(CC)CC1CCN1CCCC(=O)N1c2ccccc2C(=O)Nc2cccnc21. The lowest BCUT2D eigenvalue weighted by atomic mass is 10.0. The van der Waals surface area contributed by atoms with Crippen molar-refractivity contribution in [2.75, 3.05) is 42.9 Å². The molecule has 7 heteroatoms. The summed E-state index contributed by atoms with van der Waals surface area (Å²) < 4.78 is 0. The van der Waals surface area contributed by atoms with Crippen molar-refractivity contribution in [2.45, 2.75) is 39.2 Å². The largest absolute Gasteiger partial charge is 0.319 e. The predicted molar refractivity (Wildman–Crippen MR) is 123 cm³/mol. The van der Waals surface area contributed by atoms with Crippen LogP contribution in [0.3, 0.4) is 0 Å². The molecule has 2 aliphatic rings. The molecule has 2 amide bonds. The van der Waals surface area contributed by atoms with Crippen molar-refractivity contribution < 1.29 is 9.59 Å². The zero-order valence-corrected chi connectivity index (χ0v) is 18.4. The van der Waals surface area contributed by atoms with Gasteiger partial charge in [-0.15, -0.1) is 0 Å². The molecule has 1 saturated heterocycles. The minimum absolute atomic E-state index is 0.0373. The number of carbonyl (C=O) groups is 2. The number of amides is 2. The van der Waals surface area contributed by atoms with Crippen molar-refractivity contribution in [3.63, 3.8) is 0 Å². The number of benzene rings is 1. The Labute approximate surface area is 184 Å². The lowest BCUT2D eigenvalue weighted by Crippen LogP contribution is -2.53. The van der Waals surface area contributed by atoms with E-state index in [4.69, 9.17) is 0 Å². The normalized spacial score (nSPS) is 18.1. The molecule has 0 aliphatic carbocycles. The van der Waals surface area contributed by atoms with Crippen LogP contribution in [-0.2, 0) is 4.79 Å². The van der Waals surface area contributed by atoms with Crippen molar-refractivity contribution in [1.29, 1.82) is 0 Å². The summed E-state index contributed by atoms with van der Waals surface area (Å²) in [4.78, 5) is 37.0. The van der Waals surface area contributed by atoms with Gasteiger partial charge in [0.2, 0.25) is 5.91 Å². The van der Waals surface area contributed by atoms with E-state index >= 15 is 0 Å². The zero-order valence-electron chi connectivity index (χ0n) is 18.4. The second-order valence-electron chi connectivity index (χ2n) is 8.14. The molecule has 164 valence electrons. The highest BCUT2D eigenvalue weighted by Crippen LogP contribution is 2.36. The van der Waals surface area contributed by atoms with Crippen LogP contribution in [0.4, 0.5) is 17.2 Å². The third-order valence-corrected chi connectivity index (χ3v) is 6.35. The van der Waals surface area contributed by atoms with Gasteiger partial charge >= 0.3 is 0 Å². The van der Waals surface area contributed by atoms with Crippen LogP contribution in [0.2, 0.25) is 0 Å². The van der Waals surface area contributed by atoms with E-state index in [0.29, 0.717) is 35.2 Å². The van der Waals surface area contributed by atoms with Gasteiger partial charge in [0, 0.05) is 31.7 Å². The third kappa shape index (κ3) is 4.48. The molecular weight excluding hydrogens is 390 g/mol. The van der Waals surface area contributed by atoms with E-state index in [-0.39, 0.29) is 11.8 Å². The summed E-state index contributed by atoms with van der Waals surface area (Å²) in [6, 6.07) is 11.4. The van der Waals surface area contributed by atoms with E-state index in [1.165, 1.54) is 6.42 Å². The standard InChI is InChI=1S/C24H31N5O2/c1-3-27(4-2)17-18-13-16-28(18)15-8-12-22(30)29-21-11-6-5-9-19(21)24(31)26-20-10-7-14-25-23(20)29/h5-7,9-11,14,18H,3-4,8,12-13,15-17H2,1-2H3,(H,26,31). The number of hydrogen-bond acceptors (Lipinski definition) is 5. The lowest BCUT2D eigenvalue weighted by Gasteiger charge is -2.43. The van der Waals surface area contributed by atoms with Crippen LogP contribution >= 0.6 is 0 Å². The van der Waals surface area contributed by atoms with Crippen molar-refractivity contribution in [2.24, 2.45) is 0 Å². The summed E-state index contributed by atoms with van der Waals surface area (Å²) >= 11 is 0. The number of fused-ring (bicyclic) bond motifs is 2. The number of rotatable bonds is 8.